The molecule has 32 heavy (non-hydrogen) atoms. The first-order chi connectivity index (χ1) is 15.1. The molecule has 170 valence electrons. The Hall–Kier alpha value is -3.45. The topological polar surface area (TPSA) is 109 Å². The van der Waals surface area contributed by atoms with E-state index in [1.165, 1.54) is 26.4 Å². The Morgan fingerprint density at radius 2 is 1.75 bits per heavy atom. The van der Waals surface area contributed by atoms with Crippen LogP contribution in [0.5, 0.6) is 23.0 Å². The van der Waals surface area contributed by atoms with Crippen molar-refractivity contribution >= 4 is 21.9 Å². The first-order valence-corrected chi connectivity index (χ1v) is 10.2. The first kappa shape index (κ1) is 23.2. The van der Waals surface area contributed by atoms with Gasteiger partial charge in [-0.3, -0.25) is 4.79 Å². The van der Waals surface area contributed by atoms with Crippen LogP contribution in [0.2, 0.25) is 0 Å². The molecule has 7 heteroatoms. The van der Waals surface area contributed by atoms with Gasteiger partial charge in [-0.05, 0) is 27.2 Å². The summed E-state index contributed by atoms with van der Waals surface area (Å²) in [4.78, 5) is 13.6. The maximum absolute atomic E-state index is 13.6. The Balaban J connectivity index is 2.45. The van der Waals surface area contributed by atoms with Crippen LogP contribution in [-0.2, 0) is 12.8 Å². The summed E-state index contributed by atoms with van der Waals surface area (Å²) in [6, 6.07) is 2.82. The Kier molecular flexibility index (Phi) is 6.50. The molecule has 0 saturated carbocycles. The van der Waals surface area contributed by atoms with Crippen LogP contribution in [0.25, 0.3) is 21.9 Å². The predicted molar refractivity (Wildman–Crippen MR) is 124 cm³/mol. The van der Waals surface area contributed by atoms with Gasteiger partial charge in [-0.25, -0.2) is 0 Å². The highest BCUT2D eigenvalue weighted by Crippen LogP contribution is 2.41. The van der Waals surface area contributed by atoms with Crippen molar-refractivity contribution in [1.29, 1.82) is 0 Å². The highest BCUT2D eigenvalue weighted by atomic mass is 16.5. The standard InChI is InChI=1S/C25H28O7/c1-12(2)7-8-14-21-19(10-17(27)25(14)31-6)32-20-11-18(30-5)15(9-16(26)13(3)4)23(28)22(20)24(21)29/h7,10-11,16,26-28H,3,8-9H2,1-2,4-6H3/t16-/m1/s1. The van der Waals surface area contributed by atoms with Crippen molar-refractivity contribution in [3.63, 3.8) is 0 Å². The lowest BCUT2D eigenvalue weighted by molar-refractivity contribution is 0.209. The molecule has 1 atom stereocenters. The van der Waals surface area contributed by atoms with Gasteiger partial charge in [0.05, 0.1) is 25.7 Å². The average molecular weight is 440 g/mol. The molecule has 7 nitrogen and oxygen atoms in total. The van der Waals surface area contributed by atoms with Crippen LogP contribution in [-0.4, -0.2) is 35.6 Å². The molecule has 0 spiro atoms. The lowest BCUT2D eigenvalue weighted by Gasteiger charge is -2.17. The number of benzene rings is 2. The van der Waals surface area contributed by atoms with Crippen LogP contribution < -0.4 is 14.9 Å². The largest absolute Gasteiger partial charge is 0.507 e. The molecule has 3 N–H and O–H groups in total. The lowest BCUT2D eigenvalue weighted by Crippen LogP contribution is -2.13. The molecule has 2 aromatic carbocycles. The molecular weight excluding hydrogens is 412 g/mol. The highest BCUT2D eigenvalue weighted by molar-refractivity contribution is 5.97. The molecule has 0 saturated heterocycles. The number of ether oxygens (including phenoxy) is 2. The molecular formula is C25H28O7. The number of methoxy groups -OCH3 is 2. The number of fused-ring (bicyclic) bond motifs is 2. The van der Waals surface area contributed by atoms with Crippen LogP contribution in [0, 0.1) is 0 Å². The molecule has 1 aromatic heterocycles. The molecule has 0 radical (unpaired) electrons. The van der Waals surface area contributed by atoms with Gasteiger partial charge in [0.2, 0.25) is 5.43 Å². The van der Waals surface area contributed by atoms with Crippen molar-refractivity contribution < 1.29 is 29.2 Å². The summed E-state index contributed by atoms with van der Waals surface area (Å²) in [5, 5.41) is 32.0. The van der Waals surface area contributed by atoms with Gasteiger partial charge in [-0.1, -0.05) is 23.8 Å². The zero-order chi connectivity index (χ0) is 23.7. The molecule has 1 heterocycles. The molecule has 0 fully saturated rings. The van der Waals surface area contributed by atoms with E-state index in [1.807, 2.05) is 19.9 Å². The second-order valence-corrected chi connectivity index (χ2v) is 8.04. The number of allylic oxidation sites excluding steroid dienone is 2. The van der Waals surface area contributed by atoms with E-state index in [0.29, 0.717) is 17.6 Å². The zero-order valence-electron chi connectivity index (χ0n) is 18.9. The number of aliphatic hydroxyl groups is 1. The van der Waals surface area contributed by atoms with Crippen molar-refractivity contribution in [1.82, 2.24) is 0 Å². The molecule has 0 amide bonds. The van der Waals surface area contributed by atoms with Crippen molar-refractivity contribution in [3.8, 4) is 23.0 Å². The van der Waals surface area contributed by atoms with Crippen LogP contribution in [0.3, 0.4) is 0 Å². The predicted octanol–water partition coefficient (Wildman–Crippen LogP) is 4.36. The van der Waals surface area contributed by atoms with E-state index in [-0.39, 0.29) is 56.9 Å². The van der Waals surface area contributed by atoms with E-state index in [9.17, 15) is 20.1 Å². The van der Waals surface area contributed by atoms with Gasteiger partial charge < -0.3 is 29.2 Å². The van der Waals surface area contributed by atoms with E-state index < -0.39 is 11.5 Å². The molecule has 0 unspecified atom stereocenters. The van der Waals surface area contributed by atoms with E-state index in [0.717, 1.165) is 5.57 Å². The molecule has 3 rings (SSSR count). The van der Waals surface area contributed by atoms with Crippen molar-refractivity contribution in [2.24, 2.45) is 0 Å². The summed E-state index contributed by atoms with van der Waals surface area (Å²) in [6.45, 7) is 9.25. The molecule has 0 aliphatic heterocycles. The fourth-order valence-electron chi connectivity index (χ4n) is 3.69. The normalized spacial score (nSPS) is 12.1. The zero-order valence-corrected chi connectivity index (χ0v) is 18.9. The lowest BCUT2D eigenvalue weighted by atomic mass is 9.97. The molecule has 0 bridgehead atoms. The van der Waals surface area contributed by atoms with Crippen molar-refractivity contribution in [3.05, 3.63) is 57.3 Å². The smallest absolute Gasteiger partial charge is 0.204 e. The number of hydrogen-bond donors (Lipinski definition) is 3. The Bertz CT molecular complexity index is 1290. The number of phenols is 2. The monoisotopic (exact) mass is 440 g/mol. The fraction of sp³-hybridized carbons (Fsp3) is 0.320. The van der Waals surface area contributed by atoms with E-state index in [2.05, 4.69) is 6.58 Å². The van der Waals surface area contributed by atoms with Crippen LogP contribution in [0.1, 0.15) is 31.9 Å². The second-order valence-electron chi connectivity index (χ2n) is 8.04. The summed E-state index contributed by atoms with van der Waals surface area (Å²) < 4.78 is 16.7. The maximum atomic E-state index is 13.6. The third-order valence-electron chi connectivity index (χ3n) is 5.43. The summed E-state index contributed by atoms with van der Waals surface area (Å²) in [5.74, 6) is -0.0413. The van der Waals surface area contributed by atoms with E-state index in [4.69, 9.17) is 13.9 Å². The highest BCUT2D eigenvalue weighted by Gasteiger charge is 2.24. The fourth-order valence-corrected chi connectivity index (χ4v) is 3.69. The third-order valence-corrected chi connectivity index (χ3v) is 5.43. The molecule has 3 aromatic rings. The Morgan fingerprint density at radius 3 is 2.31 bits per heavy atom. The van der Waals surface area contributed by atoms with E-state index in [1.54, 1.807) is 6.92 Å². The SMILES string of the molecule is C=C(C)[C@H](O)Cc1c(OC)cc2oc3cc(O)c(OC)c(CC=C(C)C)c3c(=O)c2c1O. The average Bonchev–Trinajstić information content (AvgIpc) is 2.72. The van der Waals surface area contributed by atoms with Crippen molar-refractivity contribution in [2.75, 3.05) is 14.2 Å². The van der Waals surface area contributed by atoms with Gasteiger partial charge in [0, 0.05) is 29.7 Å². The summed E-state index contributed by atoms with van der Waals surface area (Å²) in [6.07, 6.45) is 1.32. The van der Waals surface area contributed by atoms with Crippen molar-refractivity contribution in [2.45, 2.75) is 39.7 Å². The summed E-state index contributed by atoms with van der Waals surface area (Å²) in [5.41, 5.74) is 2.07. The quantitative estimate of drug-likeness (QED) is 0.370. The first-order valence-electron chi connectivity index (χ1n) is 10.2. The number of rotatable bonds is 7. The van der Waals surface area contributed by atoms with Gasteiger partial charge >= 0.3 is 0 Å². The number of aliphatic hydroxyl groups excluding tert-OH is 1. The van der Waals surface area contributed by atoms with Gasteiger partial charge in [0.1, 0.15) is 28.1 Å². The maximum Gasteiger partial charge on any atom is 0.204 e. The third kappa shape index (κ3) is 4.03. The van der Waals surface area contributed by atoms with Gasteiger partial charge in [-0.2, -0.15) is 0 Å². The number of aromatic hydroxyl groups is 2. The van der Waals surface area contributed by atoms with Gasteiger partial charge in [0.25, 0.3) is 0 Å². The molecule has 0 aliphatic rings. The van der Waals surface area contributed by atoms with Gasteiger partial charge in [0.15, 0.2) is 11.5 Å². The van der Waals surface area contributed by atoms with E-state index >= 15 is 0 Å². The van der Waals surface area contributed by atoms with Crippen LogP contribution in [0.4, 0.5) is 0 Å². The minimum Gasteiger partial charge on any atom is -0.507 e. The number of hydrogen-bond acceptors (Lipinski definition) is 7. The minimum atomic E-state index is -0.926. The number of phenolic OH excluding ortho intramolecular Hbond substituents is 2. The van der Waals surface area contributed by atoms with Crippen LogP contribution >= 0.6 is 0 Å². The Labute approximate surface area is 185 Å². The van der Waals surface area contributed by atoms with Gasteiger partial charge in [-0.15, -0.1) is 0 Å². The molecule has 0 aliphatic carbocycles. The van der Waals surface area contributed by atoms with Crippen LogP contribution in [0.15, 0.2) is 45.1 Å². The summed E-state index contributed by atoms with van der Waals surface area (Å²) in [7, 11) is 2.83. The second kappa shape index (κ2) is 8.96. The summed E-state index contributed by atoms with van der Waals surface area (Å²) >= 11 is 0. The Morgan fingerprint density at radius 1 is 1.09 bits per heavy atom. The minimum absolute atomic E-state index is 0.0152.